The summed E-state index contributed by atoms with van der Waals surface area (Å²) in [5.41, 5.74) is 0.759. The Labute approximate surface area is 176 Å². The number of carbonyl (C=O) groups excluding carboxylic acids is 1. The fourth-order valence-corrected chi connectivity index (χ4v) is 3.57. The lowest BCUT2D eigenvalue weighted by molar-refractivity contribution is -0.122. The largest absolute Gasteiger partial charge is 0.465 e. The first kappa shape index (κ1) is 19.9. The fourth-order valence-electron chi connectivity index (χ4n) is 3.57. The van der Waals surface area contributed by atoms with Gasteiger partial charge in [0.1, 0.15) is 17.3 Å². The van der Waals surface area contributed by atoms with Crippen LogP contribution in [0, 0.1) is 0 Å². The van der Waals surface area contributed by atoms with Gasteiger partial charge in [-0.1, -0.05) is 12.5 Å². The standard InChI is InChI=1S/C24H25N3O3/c28-24(23-9-1-2-15-27(23)16-4-7-20-8-5-17-29-20)26-19-10-12-21(13-11-19)30-22-6-3-14-25-18-22/h3-8,10-14,17-18,23H,1-2,9,15-16H2,(H,26,28). The van der Waals surface area contributed by atoms with Crippen LogP contribution in [0.2, 0.25) is 0 Å². The summed E-state index contributed by atoms with van der Waals surface area (Å²) in [5.74, 6) is 2.22. The number of hydrogen-bond acceptors (Lipinski definition) is 5. The molecule has 0 bridgehead atoms. The van der Waals surface area contributed by atoms with E-state index in [1.54, 1.807) is 18.7 Å². The second-order valence-corrected chi connectivity index (χ2v) is 7.23. The Bertz CT molecular complexity index is 953. The Balaban J connectivity index is 1.34. The lowest BCUT2D eigenvalue weighted by Crippen LogP contribution is -2.47. The Morgan fingerprint density at radius 3 is 2.83 bits per heavy atom. The summed E-state index contributed by atoms with van der Waals surface area (Å²) in [4.78, 5) is 19.2. The maximum absolute atomic E-state index is 12.9. The van der Waals surface area contributed by atoms with Crippen LogP contribution in [-0.4, -0.2) is 34.9 Å². The molecule has 154 valence electrons. The van der Waals surface area contributed by atoms with Crippen molar-refractivity contribution in [1.29, 1.82) is 0 Å². The number of piperidine rings is 1. The molecular formula is C24H25N3O3. The van der Waals surface area contributed by atoms with E-state index in [0.717, 1.165) is 43.8 Å². The van der Waals surface area contributed by atoms with E-state index in [1.807, 2.05) is 54.6 Å². The zero-order valence-electron chi connectivity index (χ0n) is 16.7. The number of likely N-dealkylation sites (tertiary alicyclic amines) is 1. The number of anilines is 1. The van der Waals surface area contributed by atoms with Gasteiger partial charge in [0.2, 0.25) is 5.91 Å². The number of hydrogen-bond donors (Lipinski definition) is 1. The molecule has 6 nitrogen and oxygen atoms in total. The van der Waals surface area contributed by atoms with Gasteiger partial charge in [-0.05, 0) is 74.0 Å². The maximum Gasteiger partial charge on any atom is 0.241 e. The van der Waals surface area contributed by atoms with Crippen molar-refractivity contribution < 1.29 is 13.9 Å². The number of nitrogens with one attached hydrogen (secondary N) is 1. The van der Waals surface area contributed by atoms with Gasteiger partial charge in [-0.2, -0.15) is 0 Å². The normalized spacial score (nSPS) is 17.1. The van der Waals surface area contributed by atoms with Crippen molar-refractivity contribution in [2.24, 2.45) is 0 Å². The third kappa shape index (κ3) is 5.36. The molecule has 3 aromatic rings. The minimum Gasteiger partial charge on any atom is -0.465 e. The Morgan fingerprint density at radius 2 is 2.07 bits per heavy atom. The van der Waals surface area contributed by atoms with E-state index < -0.39 is 0 Å². The van der Waals surface area contributed by atoms with Crippen LogP contribution in [0.15, 0.2) is 77.7 Å². The average Bonchev–Trinajstić information content (AvgIpc) is 3.30. The molecule has 3 heterocycles. The number of pyridine rings is 1. The molecule has 1 saturated heterocycles. The molecule has 1 amide bonds. The quantitative estimate of drug-likeness (QED) is 0.603. The van der Waals surface area contributed by atoms with Crippen LogP contribution in [0.1, 0.15) is 25.0 Å². The van der Waals surface area contributed by atoms with Crippen molar-refractivity contribution in [2.75, 3.05) is 18.4 Å². The Hall–Kier alpha value is -3.38. The van der Waals surface area contributed by atoms with Gasteiger partial charge in [0.25, 0.3) is 0 Å². The summed E-state index contributed by atoms with van der Waals surface area (Å²) < 4.78 is 11.1. The number of aromatic nitrogens is 1. The molecule has 0 aliphatic carbocycles. The molecule has 0 saturated carbocycles. The average molecular weight is 403 g/mol. The molecule has 1 aliphatic heterocycles. The van der Waals surface area contributed by atoms with Crippen molar-refractivity contribution in [3.8, 4) is 11.5 Å². The van der Waals surface area contributed by atoms with Crippen LogP contribution in [0.4, 0.5) is 5.69 Å². The minimum absolute atomic E-state index is 0.0297. The second kappa shape index (κ2) is 9.89. The molecule has 1 unspecified atom stereocenters. The predicted molar refractivity (Wildman–Crippen MR) is 116 cm³/mol. The van der Waals surface area contributed by atoms with Crippen molar-refractivity contribution >= 4 is 17.7 Å². The van der Waals surface area contributed by atoms with E-state index in [-0.39, 0.29) is 11.9 Å². The summed E-state index contributed by atoms with van der Waals surface area (Å²) in [5, 5.41) is 3.05. The van der Waals surface area contributed by atoms with E-state index in [0.29, 0.717) is 11.5 Å². The fraction of sp³-hybridized carbons (Fsp3) is 0.250. The summed E-state index contributed by atoms with van der Waals surface area (Å²) in [6.45, 7) is 1.63. The second-order valence-electron chi connectivity index (χ2n) is 7.23. The Kier molecular flexibility index (Phi) is 6.57. The highest BCUT2D eigenvalue weighted by Gasteiger charge is 2.27. The van der Waals surface area contributed by atoms with Crippen LogP contribution in [0.3, 0.4) is 0 Å². The van der Waals surface area contributed by atoms with Crippen molar-refractivity contribution in [3.63, 3.8) is 0 Å². The molecule has 4 rings (SSSR count). The number of ether oxygens (including phenoxy) is 1. The monoisotopic (exact) mass is 403 g/mol. The number of nitrogens with zero attached hydrogens (tertiary/aromatic N) is 2. The number of carbonyl (C=O) groups is 1. The number of benzene rings is 1. The predicted octanol–water partition coefficient (Wildman–Crippen LogP) is 4.97. The molecule has 1 N–H and O–H groups in total. The van der Waals surface area contributed by atoms with E-state index in [4.69, 9.17) is 9.15 Å². The van der Waals surface area contributed by atoms with Crippen LogP contribution in [-0.2, 0) is 4.79 Å². The van der Waals surface area contributed by atoms with Crippen molar-refractivity contribution in [3.05, 3.63) is 79.0 Å². The summed E-state index contributed by atoms with van der Waals surface area (Å²) in [7, 11) is 0. The Morgan fingerprint density at radius 1 is 1.17 bits per heavy atom. The molecule has 0 radical (unpaired) electrons. The third-order valence-electron chi connectivity index (χ3n) is 5.07. The van der Waals surface area contributed by atoms with E-state index in [1.165, 1.54) is 0 Å². The first-order chi connectivity index (χ1) is 14.8. The molecule has 1 aromatic carbocycles. The first-order valence-corrected chi connectivity index (χ1v) is 10.2. The molecule has 1 aliphatic rings. The highest BCUT2D eigenvalue weighted by molar-refractivity contribution is 5.95. The van der Waals surface area contributed by atoms with Gasteiger partial charge >= 0.3 is 0 Å². The van der Waals surface area contributed by atoms with Gasteiger partial charge in [-0.15, -0.1) is 0 Å². The van der Waals surface area contributed by atoms with Crippen molar-refractivity contribution in [2.45, 2.75) is 25.3 Å². The van der Waals surface area contributed by atoms with Gasteiger partial charge < -0.3 is 14.5 Å². The molecule has 30 heavy (non-hydrogen) atoms. The van der Waals surface area contributed by atoms with Crippen LogP contribution in [0.5, 0.6) is 11.5 Å². The first-order valence-electron chi connectivity index (χ1n) is 10.2. The van der Waals surface area contributed by atoms with Crippen molar-refractivity contribution in [1.82, 2.24) is 9.88 Å². The topological polar surface area (TPSA) is 67.6 Å². The van der Waals surface area contributed by atoms with Gasteiger partial charge in [0.05, 0.1) is 18.5 Å². The van der Waals surface area contributed by atoms with Crippen LogP contribution in [0.25, 0.3) is 6.08 Å². The van der Waals surface area contributed by atoms with Gasteiger partial charge in [0.15, 0.2) is 0 Å². The maximum atomic E-state index is 12.9. The molecule has 2 aromatic heterocycles. The molecule has 0 spiro atoms. The van der Waals surface area contributed by atoms with Gasteiger partial charge in [-0.25, -0.2) is 0 Å². The van der Waals surface area contributed by atoms with E-state index in [2.05, 4.69) is 21.3 Å². The smallest absolute Gasteiger partial charge is 0.241 e. The SMILES string of the molecule is O=C(Nc1ccc(Oc2cccnc2)cc1)C1CCCCN1CC=Cc1ccco1. The summed E-state index contributed by atoms with van der Waals surface area (Å²) >= 11 is 0. The third-order valence-corrected chi connectivity index (χ3v) is 5.07. The lowest BCUT2D eigenvalue weighted by atomic mass is 10.0. The van der Waals surface area contributed by atoms with Gasteiger partial charge in [-0.3, -0.25) is 14.7 Å². The number of rotatable bonds is 7. The summed E-state index contributed by atoms with van der Waals surface area (Å²) in [6.07, 6.45) is 12.1. The van der Waals surface area contributed by atoms with E-state index in [9.17, 15) is 4.79 Å². The zero-order chi connectivity index (χ0) is 20.6. The minimum atomic E-state index is -0.133. The van der Waals surface area contributed by atoms with Crippen LogP contribution >= 0.6 is 0 Å². The summed E-state index contributed by atoms with van der Waals surface area (Å²) in [6, 6.07) is 14.7. The zero-order valence-corrected chi connectivity index (χ0v) is 16.7. The highest BCUT2D eigenvalue weighted by atomic mass is 16.5. The molecular weight excluding hydrogens is 378 g/mol. The molecule has 6 heteroatoms. The lowest BCUT2D eigenvalue weighted by Gasteiger charge is -2.33. The van der Waals surface area contributed by atoms with Crippen LogP contribution < -0.4 is 10.1 Å². The molecule has 1 fully saturated rings. The van der Waals surface area contributed by atoms with Gasteiger partial charge in [0, 0.05) is 18.4 Å². The number of amides is 1. The number of furan rings is 1. The molecule has 1 atom stereocenters. The van der Waals surface area contributed by atoms with E-state index >= 15 is 0 Å². The highest BCUT2D eigenvalue weighted by Crippen LogP contribution is 2.23.